The van der Waals surface area contributed by atoms with Gasteiger partial charge in [-0.05, 0) is 14.1 Å². The second-order valence-corrected chi connectivity index (χ2v) is 1.24. The minimum Gasteiger partial charge on any atom is -0.253 e. The second kappa shape index (κ2) is 4.27. The van der Waals surface area contributed by atoms with E-state index in [-0.39, 0.29) is 12.4 Å². The number of hydrogen-bond donors (Lipinski definition) is 0. The average Bonchev–Trinajstić information content (AvgIpc) is 1.36. The highest BCUT2D eigenvalue weighted by Crippen LogP contribution is 1.91. The van der Waals surface area contributed by atoms with Gasteiger partial charge in [0.2, 0.25) is 0 Å². The third-order valence-corrected chi connectivity index (χ3v) is 0.390. The zero-order chi connectivity index (χ0) is 5.15. The van der Waals surface area contributed by atoms with E-state index < -0.39 is 6.55 Å². The molecule has 0 aliphatic carbocycles. The lowest BCUT2D eigenvalue weighted by atomic mass is 10.9. The van der Waals surface area contributed by atoms with Gasteiger partial charge in [0.1, 0.15) is 0 Å². The molecule has 0 aromatic carbocycles. The van der Waals surface area contributed by atoms with Crippen molar-refractivity contribution < 1.29 is 8.78 Å². The van der Waals surface area contributed by atoms with Crippen molar-refractivity contribution in [3.8, 4) is 0 Å². The molecular weight excluding hydrogens is 123 g/mol. The van der Waals surface area contributed by atoms with Gasteiger partial charge in [0, 0.05) is 0 Å². The van der Waals surface area contributed by atoms with Crippen LogP contribution in [0.1, 0.15) is 0 Å². The molecule has 7 heavy (non-hydrogen) atoms. The summed E-state index contributed by atoms with van der Waals surface area (Å²) in [6.07, 6.45) is 0. The summed E-state index contributed by atoms with van der Waals surface area (Å²) >= 11 is 0. The monoisotopic (exact) mass is 131 g/mol. The Morgan fingerprint density at radius 2 is 1.43 bits per heavy atom. The van der Waals surface area contributed by atoms with Crippen LogP contribution >= 0.6 is 12.4 Å². The van der Waals surface area contributed by atoms with Gasteiger partial charge in [0.15, 0.2) is 0 Å². The standard InChI is InChI=1S/C3H7F2N.ClH/c1-6(2)3(4)5;/h3H,1-2H3;1H. The Morgan fingerprint density at radius 1 is 1.29 bits per heavy atom. The molecule has 0 atom stereocenters. The van der Waals surface area contributed by atoms with Crippen molar-refractivity contribution in [1.29, 1.82) is 0 Å². The SMILES string of the molecule is CN(C)C(F)F.Cl. The molecule has 0 spiro atoms. The van der Waals surface area contributed by atoms with Gasteiger partial charge in [-0.15, -0.1) is 12.4 Å². The minimum atomic E-state index is -2.31. The maximum Gasteiger partial charge on any atom is 0.294 e. The molecule has 0 aromatic heterocycles. The average molecular weight is 132 g/mol. The summed E-state index contributed by atoms with van der Waals surface area (Å²) in [5, 5.41) is 0. The topological polar surface area (TPSA) is 3.24 Å². The molecule has 1 nitrogen and oxygen atoms in total. The molecule has 0 fully saturated rings. The molecule has 0 aromatic rings. The van der Waals surface area contributed by atoms with Crippen LogP contribution < -0.4 is 0 Å². The molecule has 0 heterocycles. The third kappa shape index (κ3) is 6.11. The number of hydrogen-bond acceptors (Lipinski definition) is 1. The number of nitrogens with zero attached hydrogens (tertiary/aromatic N) is 1. The Labute approximate surface area is 47.7 Å². The van der Waals surface area contributed by atoms with Gasteiger partial charge in [-0.25, -0.2) is 0 Å². The van der Waals surface area contributed by atoms with Crippen LogP contribution in [-0.2, 0) is 0 Å². The van der Waals surface area contributed by atoms with E-state index in [9.17, 15) is 8.78 Å². The quantitative estimate of drug-likeness (QED) is 0.484. The summed E-state index contributed by atoms with van der Waals surface area (Å²) in [6, 6.07) is 0. The van der Waals surface area contributed by atoms with Gasteiger partial charge in [-0.1, -0.05) is 0 Å². The van der Waals surface area contributed by atoms with E-state index in [2.05, 4.69) is 0 Å². The molecule has 0 rings (SSSR count). The van der Waals surface area contributed by atoms with Gasteiger partial charge in [0.05, 0.1) is 0 Å². The largest absolute Gasteiger partial charge is 0.294 e. The molecule has 0 unspecified atom stereocenters. The highest BCUT2D eigenvalue weighted by molar-refractivity contribution is 5.85. The van der Waals surface area contributed by atoms with Gasteiger partial charge in [-0.3, -0.25) is 4.90 Å². The molecular formula is C3H8ClF2N. The van der Waals surface area contributed by atoms with Crippen LogP contribution in [0.4, 0.5) is 8.78 Å². The lowest BCUT2D eigenvalue weighted by molar-refractivity contribution is 0.00849. The zero-order valence-corrected chi connectivity index (χ0v) is 5.01. The Kier molecular flexibility index (Phi) is 6.21. The van der Waals surface area contributed by atoms with Gasteiger partial charge < -0.3 is 0 Å². The van der Waals surface area contributed by atoms with Crippen molar-refractivity contribution in [3.05, 3.63) is 0 Å². The Morgan fingerprint density at radius 3 is 1.43 bits per heavy atom. The molecule has 0 aliphatic rings. The molecule has 0 saturated carbocycles. The first-order valence-electron chi connectivity index (χ1n) is 1.59. The number of rotatable bonds is 1. The van der Waals surface area contributed by atoms with E-state index in [1.807, 2.05) is 0 Å². The van der Waals surface area contributed by atoms with Gasteiger partial charge in [-0.2, -0.15) is 8.78 Å². The fourth-order valence-electron chi connectivity index (χ4n) is 0. The van der Waals surface area contributed by atoms with Crippen molar-refractivity contribution in [2.75, 3.05) is 14.1 Å². The highest BCUT2D eigenvalue weighted by Gasteiger charge is 2.00. The number of halogens is 3. The summed E-state index contributed by atoms with van der Waals surface area (Å²) in [4.78, 5) is 0.833. The van der Waals surface area contributed by atoms with Crippen molar-refractivity contribution >= 4 is 12.4 Å². The molecule has 0 saturated heterocycles. The van der Waals surface area contributed by atoms with Gasteiger partial charge in [0.25, 0.3) is 6.55 Å². The Hall–Kier alpha value is 0.110. The Bertz CT molecular complexity index is 33.9. The van der Waals surface area contributed by atoms with E-state index in [4.69, 9.17) is 0 Å². The van der Waals surface area contributed by atoms with E-state index in [0.717, 1.165) is 4.90 Å². The van der Waals surface area contributed by atoms with Crippen molar-refractivity contribution in [3.63, 3.8) is 0 Å². The van der Waals surface area contributed by atoms with Crippen LogP contribution in [-0.4, -0.2) is 25.5 Å². The summed E-state index contributed by atoms with van der Waals surface area (Å²) < 4.78 is 22.2. The van der Waals surface area contributed by atoms with E-state index in [1.54, 1.807) is 0 Å². The van der Waals surface area contributed by atoms with E-state index in [0.29, 0.717) is 0 Å². The predicted octanol–water partition coefficient (Wildman–Crippen LogP) is 1.19. The van der Waals surface area contributed by atoms with Crippen LogP contribution in [0.25, 0.3) is 0 Å². The minimum absolute atomic E-state index is 0. The lowest BCUT2D eigenvalue weighted by Gasteiger charge is -2.04. The van der Waals surface area contributed by atoms with E-state index in [1.165, 1.54) is 14.1 Å². The smallest absolute Gasteiger partial charge is 0.253 e. The van der Waals surface area contributed by atoms with Gasteiger partial charge >= 0.3 is 0 Å². The zero-order valence-electron chi connectivity index (χ0n) is 4.19. The molecule has 0 aliphatic heterocycles. The fraction of sp³-hybridized carbons (Fsp3) is 1.00. The molecule has 0 bridgehead atoms. The van der Waals surface area contributed by atoms with E-state index >= 15 is 0 Å². The van der Waals surface area contributed by atoms with Crippen LogP contribution in [0.3, 0.4) is 0 Å². The van der Waals surface area contributed by atoms with Crippen LogP contribution in [0.2, 0.25) is 0 Å². The highest BCUT2D eigenvalue weighted by atomic mass is 35.5. The first-order chi connectivity index (χ1) is 2.64. The maximum atomic E-state index is 11.1. The third-order valence-electron chi connectivity index (χ3n) is 0.390. The maximum absolute atomic E-state index is 11.1. The predicted molar refractivity (Wildman–Crippen MR) is 26.9 cm³/mol. The first-order valence-corrected chi connectivity index (χ1v) is 1.59. The molecule has 0 amide bonds. The van der Waals surface area contributed by atoms with Crippen molar-refractivity contribution in [1.82, 2.24) is 4.90 Å². The lowest BCUT2D eigenvalue weighted by Crippen LogP contribution is -2.17. The summed E-state index contributed by atoms with van der Waals surface area (Å²) in [6.45, 7) is -2.31. The molecule has 46 valence electrons. The summed E-state index contributed by atoms with van der Waals surface area (Å²) in [7, 11) is 2.65. The number of alkyl halides is 2. The van der Waals surface area contributed by atoms with Crippen LogP contribution in [0.15, 0.2) is 0 Å². The van der Waals surface area contributed by atoms with Crippen molar-refractivity contribution in [2.45, 2.75) is 6.55 Å². The molecule has 0 radical (unpaired) electrons. The summed E-state index contributed by atoms with van der Waals surface area (Å²) in [5.41, 5.74) is 0. The molecule has 4 heteroatoms. The normalized spacial score (nSPS) is 9.43. The first kappa shape index (κ1) is 10.2. The molecule has 0 N–H and O–H groups in total. The Balaban J connectivity index is 0. The van der Waals surface area contributed by atoms with Crippen molar-refractivity contribution in [2.24, 2.45) is 0 Å². The van der Waals surface area contributed by atoms with Crippen LogP contribution in [0, 0.1) is 0 Å². The fourth-order valence-corrected chi connectivity index (χ4v) is 0. The van der Waals surface area contributed by atoms with Crippen LogP contribution in [0.5, 0.6) is 0 Å². The second-order valence-electron chi connectivity index (χ2n) is 1.24. The summed E-state index contributed by atoms with van der Waals surface area (Å²) in [5.74, 6) is 0.